The van der Waals surface area contributed by atoms with Crippen LogP contribution in [0.25, 0.3) is 0 Å². The van der Waals surface area contributed by atoms with E-state index in [9.17, 15) is 0 Å². The lowest BCUT2D eigenvalue weighted by Gasteiger charge is -2.19. The van der Waals surface area contributed by atoms with Crippen LogP contribution in [0, 0.1) is 0 Å². The summed E-state index contributed by atoms with van der Waals surface area (Å²) in [5.41, 5.74) is 2.70. The summed E-state index contributed by atoms with van der Waals surface area (Å²) in [6.45, 7) is 9.96. The highest BCUT2D eigenvalue weighted by atomic mass is 79.9. The van der Waals surface area contributed by atoms with Gasteiger partial charge in [-0.1, -0.05) is 72.7 Å². The molecule has 0 fully saturated rings. The van der Waals surface area contributed by atoms with Crippen molar-refractivity contribution in [3.8, 4) is 5.75 Å². The molecule has 1 heterocycles. The Morgan fingerprint density at radius 1 is 1.00 bits per heavy atom. The zero-order chi connectivity index (χ0) is 20.1. The Hall–Kier alpha value is -1.79. The highest BCUT2D eigenvalue weighted by molar-refractivity contribution is 9.10. The normalized spacial score (nSPS) is 11.6. The van der Waals surface area contributed by atoms with Crippen LogP contribution in [0.1, 0.15) is 44.6 Å². The first-order chi connectivity index (χ1) is 13.4. The van der Waals surface area contributed by atoms with Crippen LogP contribution in [0.3, 0.4) is 0 Å². The van der Waals surface area contributed by atoms with Gasteiger partial charge in [0.1, 0.15) is 12.4 Å². The molecule has 0 radical (unpaired) electrons. The van der Waals surface area contributed by atoms with Crippen LogP contribution in [0.5, 0.6) is 5.75 Å². The standard InChI is InChI=1S/C22H26BrN3OS/c1-5-26-20(14-27-19-12-8-17(9-13-19)22(2,3)4)24-25-21(26)28-15-16-6-10-18(23)11-7-16/h6-13H,5,14-15H2,1-4H3. The predicted molar refractivity (Wildman–Crippen MR) is 119 cm³/mol. The van der Waals surface area contributed by atoms with Gasteiger partial charge in [0.05, 0.1) is 0 Å². The molecule has 0 aliphatic carbocycles. The molecule has 0 amide bonds. The molecule has 0 bridgehead atoms. The first-order valence-electron chi connectivity index (χ1n) is 9.39. The molecule has 0 aliphatic heterocycles. The number of rotatable bonds is 7. The largest absolute Gasteiger partial charge is 0.486 e. The van der Waals surface area contributed by atoms with Gasteiger partial charge in [0.25, 0.3) is 0 Å². The van der Waals surface area contributed by atoms with Crippen LogP contribution in [0.4, 0.5) is 0 Å². The fraction of sp³-hybridized carbons (Fsp3) is 0.364. The van der Waals surface area contributed by atoms with Crippen LogP contribution in [0.2, 0.25) is 0 Å². The molecule has 6 heteroatoms. The molecular formula is C22H26BrN3OS. The second-order valence-electron chi connectivity index (χ2n) is 7.62. The van der Waals surface area contributed by atoms with Gasteiger partial charge in [-0.2, -0.15) is 0 Å². The Labute approximate surface area is 179 Å². The Balaban J connectivity index is 1.62. The van der Waals surface area contributed by atoms with E-state index in [-0.39, 0.29) is 5.41 Å². The molecule has 0 unspecified atom stereocenters. The molecular weight excluding hydrogens is 434 g/mol. The quantitative estimate of drug-likeness (QED) is 0.392. The van der Waals surface area contributed by atoms with Crippen molar-refractivity contribution >= 4 is 27.7 Å². The third kappa shape index (κ3) is 5.39. The van der Waals surface area contributed by atoms with Crippen molar-refractivity contribution in [3.05, 3.63) is 70.0 Å². The fourth-order valence-corrected chi connectivity index (χ4v) is 4.02. The molecule has 3 aromatic rings. The number of hydrogen-bond acceptors (Lipinski definition) is 4. The van der Waals surface area contributed by atoms with E-state index in [4.69, 9.17) is 4.74 Å². The smallest absolute Gasteiger partial charge is 0.191 e. The summed E-state index contributed by atoms with van der Waals surface area (Å²) in [6, 6.07) is 16.7. The molecule has 0 spiro atoms. The lowest BCUT2D eigenvalue weighted by atomic mass is 9.87. The van der Waals surface area contributed by atoms with Crippen molar-refractivity contribution in [3.63, 3.8) is 0 Å². The summed E-state index contributed by atoms with van der Waals surface area (Å²) < 4.78 is 9.16. The Bertz CT molecular complexity index is 899. The van der Waals surface area contributed by atoms with Crippen molar-refractivity contribution in [2.75, 3.05) is 0 Å². The lowest BCUT2D eigenvalue weighted by molar-refractivity contribution is 0.288. The number of aromatic nitrogens is 3. The Morgan fingerprint density at radius 2 is 1.68 bits per heavy atom. The van der Waals surface area contributed by atoms with E-state index >= 15 is 0 Å². The first kappa shape index (κ1) is 20.9. The fourth-order valence-electron chi connectivity index (χ4n) is 2.78. The summed E-state index contributed by atoms with van der Waals surface area (Å²) in [5.74, 6) is 2.56. The van der Waals surface area contributed by atoms with E-state index < -0.39 is 0 Å². The summed E-state index contributed by atoms with van der Waals surface area (Å²) in [4.78, 5) is 0. The minimum atomic E-state index is 0.141. The molecule has 2 aromatic carbocycles. The number of hydrogen-bond donors (Lipinski definition) is 0. The van der Waals surface area contributed by atoms with Gasteiger partial charge in [0.2, 0.25) is 0 Å². The third-order valence-corrected chi connectivity index (χ3v) is 6.05. The molecule has 4 nitrogen and oxygen atoms in total. The third-order valence-electron chi connectivity index (χ3n) is 4.48. The van der Waals surface area contributed by atoms with Gasteiger partial charge in [-0.15, -0.1) is 10.2 Å². The molecule has 148 valence electrons. The van der Waals surface area contributed by atoms with Crippen LogP contribution in [-0.2, 0) is 24.3 Å². The predicted octanol–water partition coefficient (Wildman–Crippen LogP) is 6.23. The molecule has 28 heavy (non-hydrogen) atoms. The maximum absolute atomic E-state index is 5.95. The molecule has 0 atom stereocenters. The Morgan fingerprint density at radius 3 is 2.29 bits per heavy atom. The zero-order valence-corrected chi connectivity index (χ0v) is 19.2. The van der Waals surface area contributed by atoms with Gasteiger partial charge in [-0.25, -0.2) is 0 Å². The highest BCUT2D eigenvalue weighted by Crippen LogP contribution is 2.26. The number of thioether (sulfide) groups is 1. The van der Waals surface area contributed by atoms with Gasteiger partial charge in [-0.3, -0.25) is 0 Å². The lowest BCUT2D eigenvalue weighted by Crippen LogP contribution is -2.11. The van der Waals surface area contributed by atoms with Crippen molar-refractivity contribution < 1.29 is 4.74 Å². The zero-order valence-electron chi connectivity index (χ0n) is 16.8. The van der Waals surface area contributed by atoms with Crippen molar-refractivity contribution in [1.29, 1.82) is 0 Å². The molecule has 0 N–H and O–H groups in total. The number of benzene rings is 2. The SMILES string of the molecule is CCn1c(COc2ccc(C(C)(C)C)cc2)nnc1SCc1ccc(Br)cc1. The van der Waals surface area contributed by atoms with E-state index in [1.807, 2.05) is 12.1 Å². The maximum atomic E-state index is 5.95. The second kappa shape index (κ2) is 9.14. The second-order valence-corrected chi connectivity index (χ2v) is 9.48. The van der Waals surface area contributed by atoms with E-state index in [1.54, 1.807) is 11.8 Å². The molecule has 0 aliphatic rings. The summed E-state index contributed by atoms with van der Waals surface area (Å²) in [6.07, 6.45) is 0. The first-order valence-corrected chi connectivity index (χ1v) is 11.2. The Kier molecular flexibility index (Phi) is 6.83. The molecule has 0 saturated heterocycles. The van der Waals surface area contributed by atoms with Crippen molar-refractivity contribution in [1.82, 2.24) is 14.8 Å². The van der Waals surface area contributed by atoms with Gasteiger partial charge in [0.15, 0.2) is 11.0 Å². The van der Waals surface area contributed by atoms with Crippen LogP contribution in [-0.4, -0.2) is 14.8 Å². The van der Waals surface area contributed by atoms with E-state index in [2.05, 4.69) is 94.8 Å². The van der Waals surface area contributed by atoms with Gasteiger partial charge >= 0.3 is 0 Å². The maximum Gasteiger partial charge on any atom is 0.191 e. The number of nitrogens with zero attached hydrogens (tertiary/aromatic N) is 3. The van der Waals surface area contributed by atoms with E-state index in [0.29, 0.717) is 6.61 Å². The summed E-state index contributed by atoms with van der Waals surface area (Å²) in [5, 5.41) is 9.63. The van der Waals surface area contributed by atoms with Gasteiger partial charge in [0, 0.05) is 16.8 Å². The van der Waals surface area contributed by atoms with Crippen molar-refractivity contribution in [2.45, 2.75) is 57.2 Å². The van der Waals surface area contributed by atoms with Crippen LogP contribution < -0.4 is 4.74 Å². The summed E-state index contributed by atoms with van der Waals surface area (Å²) >= 11 is 5.17. The topological polar surface area (TPSA) is 39.9 Å². The van der Waals surface area contributed by atoms with E-state index in [0.717, 1.165) is 33.5 Å². The van der Waals surface area contributed by atoms with Crippen LogP contribution >= 0.6 is 27.7 Å². The minimum absolute atomic E-state index is 0.141. The molecule has 0 saturated carbocycles. The average molecular weight is 460 g/mol. The number of halogens is 1. The van der Waals surface area contributed by atoms with Crippen molar-refractivity contribution in [2.24, 2.45) is 0 Å². The minimum Gasteiger partial charge on any atom is -0.486 e. The van der Waals surface area contributed by atoms with E-state index in [1.165, 1.54) is 11.1 Å². The average Bonchev–Trinajstić information content (AvgIpc) is 3.07. The summed E-state index contributed by atoms with van der Waals surface area (Å²) in [7, 11) is 0. The molecule has 1 aromatic heterocycles. The number of ether oxygens (including phenoxy) is 1. The van der Waals surface area contributed by atoms with Crippen LogP contribution in [0.15, 0.2) is 58.2 Å². The van der Waals surface area contributed by atoms with Gasteiger partial charge in [-0.05, 0) is 47.7 Å². The monoisotopic (exact) mass is 459 g/mol. The highest BCUT2D eigenvalue weighted by Gasteiger charge is 2.14. The van der Waals surface area contributed by atoms with Gasteiger partial charge < -0.3 is 9.30 Å². The molecule has 3 rings (SSSR count).